The van der Waals surface area contributed by atoms with E-state index in [0.717, 1.165) is 24.3 Å². The van der Waals surface area contributed by atoms with Crippen LogP contribution in [0.3, 0.4) is 0 Å². The standard InChI is InChI=1S/C18H18ClN3O2S2/c19-16-11-5-4-10-15(16)13-26(23,24)22-18-21-20-17(25-18)12-6-9-14-7-2-1-3-8-14/h1-5,7-8,10-11H,6,9,12-13H2,(H,21,22). The predicted molar refractivity (Wildman–Crippen MR) is 106 cm³/mol. The maximum absolute atomic E-state index is 12.3. The van der Waals surface area contributed by atoms with E-state index in [4.69, 9.17) is 11.6 Å². The Morgan fingerprint density at radius 3 is 2.46 bits per heavy atom. The van der Waals surface area contributed by atoms with Gasteiger partial charge in [0.2, 0.25) is 15.2 Å². The molecule has 0 fully saturated rings. The molecule has 0 aliphatic heterocycles. The quantitative estimate of drug-likeness (QED) is 0.604. The first kappa shape index (κ1) is 18.8. The van der Waals surface area contributed by atoms with Crippen molar-refractivity contribution in [2.75, 3.05) is 4.72 Å². The summed E-state index contributed by atoms with van der Waals surface area (Å²) in [7, 11) is -3.59. The Labute approximate surface area is 162 Å². The van der Waals surface area contributed by atoms with Crippen molar-refractivity contribution >= 4 is 38.1 Å². The Bertz CT molecular complexity index is 959. The van der Waals surface area contributed by atoms with E-state index in [9.17, 15) is 8.42 Å². The Morgan fingerprint density at radius 2 is 1.69 bits per heavy atom. The zero-order valence-corrected chi connectivity index (χ0v) is 16.3. The molecule has 0 amide bonds. The molecule has 0 radical (unpaired) electrons. The van der Waals surface area contributed by atoms with Gasteiger partial charge in [0.1, 0.15) is 5.01 Å². The first-order chi connectivity index (χ1) is 12.5. The van der Waals surface area contributed by atoms with E-state index in [1.165, 1.54) is 16.9 Å². The zero-order valence-electron chi connectivity index (χ0n) is 13.9. The SMILES string of the molecule is O=S(=O)(Cc1ccccc1Cl)Nc1nnc(CCCc2ccccc2)s1. The number of hydrogen-bond donors (Lipinski definition) is 1. The number of rotatable bonds is 8. The first-order valence-electron chi connectivity index (χ1n) is 8.12. The molecule has 136 valence electrons. The fourth-order valence-electron chi connectivity index (χ4n) is 2.47. The number of nitrogens with zero attached hydrogens (tertiary/aromatic N) is 2. The third kappa shape index (κ3) is 5.52. The number of sulfonamides is 1. The molecule has 2 aromatic carbocycles. The van der Waals surface area contributed by atoms with E-state index >= 15 is 0 Å². The van der Waals surface area contributed by atoms with Gasteiger partial charge < -0.3 is 0 Å². The van der Waals surface area contributed by atoms with Crippen molar-refractivity contribution in [2.24, 2.45) is 0 Å². The summed E-state index contributed by atoms with van der Waals surface area (Å²) in [6, 6.07) is 17.1. The van der Waals surface area contributed by atoms with Gasteiger partial charge in [-0.15, -0.1) is 10.2 Å². The maximum atomic E-state index is 12.3. The third-order valence-electron chi connectivity index (χ3n) is 3.71. The normalized spacial score (nSPS) is 11.4. The molecule has 0 unspecified atom stereocenters. The van der Waals surface area contributed by atoms with Gasteiger partial charge in [0.15, 0.2) is 0 Å². The van der Waals surface area contributed by atoms with E-state index in [2.05, 4.69) is 27.1 Å². The molecule has 0 aliphatic rings. The second-order valence-corrected chi connectivity index (χ2v) is 8.98. The molecule has 8 heteroatoms. The van der Waals surface area contributed by atoms with Gasteiger partial charge in [0, 0.05) is 11.4 Å². The Hall–Kier alpha value is -1.96. The molecule has 1 aromatic heterocycles. The number of benzene rings is 2. The number of anilines is 1. The summed E-state index contributed by atoms with van der Waals surface area (Å²) >= 11 is 7.29. The Morgan fingerprint density at radius 1 is 0.962 bits per heavy atom. The molecule has 3 rings (SSSR count). The molecule has 1 N–H and O–H groups in total. The van der Waals surface area contributed by atoms with E-state index in [1.807, 2.05) is 18.2 Å². The van der Waals surface area contributed by atoms with Gasteiger partial charge in [-0.2, -0.15) is 0 Å². The minimum atomic E-state index is -3.59. The van der Waals surface area contributed by atoms with Gasteiger partial charge in [0.05, 0.1) is 5.75 Å². The minimum Gasteiger partial charge on any atom is -0.257 e. The van der Waals surface area contributed by atoms with Crippen LogP contribution in [0, 0.1) is 0 Å². The molecule has 0 saturated carbocycles. The summed E-state index contributed by atoms with van der Waals surface area (Å²) in [6.45, 7) is 0. The fraction of sp³-hybridized carbons (Fsp3) is 0.222. The second-order valence-electron chi connectivity index (χ2n) is 5.79. The highest BCUT2D eigenvalue weighted by Gasteiger charge is 2.16. The summed E-state index contributed by atoms with van der Waals surface area (Å²) in [5, 5.41) is 9.54. The van der Waals surface area contributed by atoms with Crippen LogP contribution in [0.5, 0.6) is 0 Å². The highest BCUT2D eigenvalue weighted by atomic mass is 35.5. The summed E-state index contributed by atoms with van der Waals surface area (Å²) in [5.41, 5.74) is 1.83. The van der Waals surface area contributed by atoms with Gasteiger partial charge in [0.25, 0.3) is 0 Å². The fourth-order valence-corrected chi connectivity index (χ4v) is 4.98. The van der Waals surface area contributed by atoms with Crippen molar-refractivity contribution in [1.29, 1.82) is 0 Å². The zero-order chi connectivity index (χ0) is 18.4. The van der Waals surface area contributed by atoms with Crippen LogP contribution >= 0.6 is 22.9 Å². The first-order valence-corrected chi connectivity index (χ1v) is 11.0. The molecule has 0 atom stereocenters. The molecule has 0 bridgehead atoms. The molecule has 3 aromatic rings. The van der Waals surface area contributed by atoms with Crippen molar-refractivity contribution in [1.82, 2.24) is 10.2 Å². The summed E-state index contributed by atoms with van der Waals surface area (Å²) in [5.74, 6) is -0.199. The third-order valence-corrected chi connectivity index (χ3v) is 6.30. The van der Waals surface area contributed by atoms with Gasteiger partial charge in [-0.25, -0.2) is 8.42 Å². The lowest BCUT2D eigenvalue weighted by Gasteiger charge is -2.06. The number of hydrogen-bond acceptors (Lipinski definition) is 5. The van der Waals surface area contributed by atoms with Crippen LogP contribution in [0.1, 0.15) is 22.6 Å². The van der Waals surface area contributed by atoms with E-state index in [1.54, 1.807) is 24.3 Å². The van der Waals surface area contributed by atoms with Crippen LogP contribution in [0.15, 0.2) is 54.6 Å². The average Bonchev–Trinajstić information content (AvgIpc) is 3.04. The van der Waals surface area contributed by atoms with Crippen LogP contribution in [0.4, 0.5) is 5.13 Å². The van der Waals surface area contributed by atoms with E-state index in [0.29, 0.717) is 10.6 Å². The molecule has 0 aliphatic carbocycles. The number of aromatic nitrogens is 2. The molecule has 26 heavy (non-hydrogen) atoms. The lowest BCUT2D eigenvalue weighted by Crippen LogP contribution is -2.15. The smallest absolute Gasteiger partial charge is 0.238 e. The maximum Gasteiger partial charge on any atom is 0.238 e. The lowest BCUT2D eigenvalue weighted by atomic mass is 10.1. The molecular weight excluding hydrogens is 390 g/mol. The average molecular weight is 408 g/mol. The highest BCUT2D eigenvalue weighted by Crippen LogP contribution is 2.22. The van der Waals surface area contributed by atoms with Crippen LogP contribution in [-0.2, 0) is 28.6 Å². The Kier molecular flexibility index (Phi) is 6.24. The minimum absolute atomic E-state index is 0.199. The van der Waals surface area contributed by atoms with E-state index in [-0.39, 0.29) is 10.9 Å². The highest BCUT2D eigenvalue weighted by molar-refractivity contribution is 7.92. The molecular formula is C18H18ClN3O2S2. The van der Waals surface area contributed by atoms with Crippen molar-refractivity contribution in [3.8, 4) is 0 Å². The predicted octanol–water partition coefficient (Wildman–Crippen LogP) is 4.31. The molecule has 0 saturated heterocycles. The summed E-state index contributed by atoms with van der Waals surface area (Å²) in [4.78, 5) is 0. The van der Waals surface area contributed by atoms with Crippen LogP contribution < -0.4 is 4.72 Å². The number of nitrogens with one attached hydrogen (secondary N) is 1. The van der Waals surface area contributed by atoms with Crippen LogP contribution in [0.25, 0.3) is 0 Å². The molecule has 1 heterocycles. The van der Waals surface area contributed by atoms with Gasteiger partial charge in [-0.3, -0.25) is 4.72 Å². The molecule has 0 spiro atoms. The van der Waals surface area contributed by atoms with Crippen molar-refractivity contribution < 1.29 is 8.42 Å². The van der Waals surface area contributed by atoms with Gasteiger partial charge >= 0.3 is 0 Å². The van der Waals surface area contributed by atoms with Crippen molar-refractivity contribution in [2.45, 2.75) is 25.0 Å². The summed E-state index contributed by atoms with van der Waals surface area (Å²) in [6.07, 6.45) is 2.65. The van der Waals surface area contributed by atoms with Crippen LogP contribution in [-0.4, -0.2) is 18.6 Å². The van der Waals surface area contributed by atoms with Gasteiger partial charge in [-0.1, -0.05) is 71.5 Å². The molecule has 5 nitrogen and oxygen atoms in total. The van der Waals surface area contributed by atoms with Crippen LogP contribution in [0.2, 0.25) is 5.02 Å². The van der Waals surface area contributed by atoms with E-state index < -0.39 is 10.0 Å². The second kappa shape index (κ2) is 8.62. The monoisotopic (exact) mass is 407 g/mol. The summed E-state index contributed by atoms with van der Waals surface area (Å²) < 4.78 is 27.1. The topological polar surface area (TPSA) is 72.0 Å². The van der Waals surface area contributed by atoms with Crippen molar-refractivity contribution in [3.05, 3.63) is 75.8 Å². The largest absolute Gasteiger partial charge is 0.257 e. The van der Waals surface area contributed by atoms with Gasteiger partial charge in [-0.05, 0) is 30.0 Å². The van der Waals surface area contributed by atoms with Crippen molar-refractivity contribution in [3.63, 3.8) is 0 Å². The Balaban J connectivity index is 1.55. The number of aryl methyl sites for hydroxylation is 2. The number of halogens is 1. The lowest BCUT2D eigenvalue weighted by molar-refractivity contribution is 0.600.